The molecule has 0 aliphatic rings. The number of hydrogen-bond donors (Lipinski definition) is 1. The van der Waals surface area contributed by atoms with Gasteiger partial charge in [0.25, 0.3) is 0 Å². The van der Waals surface area contributed by atoms with E-state index in [9.17, 15) is 0 Å². The second-order valence-electron chi connectivity index (χ2n) is 7.57. The van der Waals surface area contributed by atoms with E-state index in [2.05, 4.69) is 20.8 Å². The molecule has 7 nitrogen and oxygen atoms in total. The second kappa shape index (κ2) is 12.8. The molecular formula is C25H25Cl2N5O2S. The fraction of sp³-hybridized carbons (Fsp3) is 0.240. The molecule has 0 radical (unpaired) electrons. The molecule has 0 bridgehead atoms. The molecular weight excluding hydrogens is 505 g/mol. The number of thioether (sulfide) groups is 1. The van der Waals surface area contributed by atoms with Gasteiger partial charge in [0.05, 0.1) is 22.8 Å². The molecule has 1 heterocycles. The number of rotatable bonds is 12. The van der Waals surface area contributed by atoms with E-state index in [0.29, 0.717) is 34.7 Å². The van der Waals surface area contributed by atoms with Crippen LogP contribution >= 0.6 is 35.0 Å². The minimum absolute atomic E-state index is 0.358. The molecule has 0 saturated heterocycles. The number of halogens is 2. The standard InChI is InChI=1S/C25H25Cl2N5O2S/c1-33-23-10-5-7-19(24(23)34-17-18-11-12-21(26)22(27)15-18)16-28-13-6-14-35-25-29-30-31-32(25)20-8-3-2-4-9-20/h2-5,7-12,15,28H,6,13-14,16-17H2,1H3. The van der Waals surface area contributed by atoms with Crippen molar-refractivity contribution in [3.63, 3.8) is 0 Å². The fourth-order valence-corrected chi connectivity index (χ4v) is 4.54. The van der Waals surface area contributed by atoms with Crippen molar-refractivity contribution >= 4 is 35.0 Å². The van der Waals surface area contributed by atoms with Crippen LogP contribution in [-0.2, 0) is 13.2 Å². The summed E-state index contributed by atoms with van der Waals surface area (Å²) < 4.78 is 13.4. The quantitative estimate of drug-likeness (QED) is 0.183. The van der Waals surface area contributed by atoms with Gasteiger partial charge in [-0.05, 0) is 59.3 Å². The largest absolute Gasteiger partial charge is 0.493 e. The molecule has 0 aliphatic carbocycles. The number of tetrazole rings is 1. The van der Waals surface area contributed by atoms with Gasteiger partial charge in [0, 0.05) is 17.9 Å². The molecule has 3 aromatic carbocycles. The molecule has 4 rings (SSSR count). The smallest absolute Gasteiger partial charge is 0.214 e. The normalized spacial score (nSPS) is 10.9. The molecule has 0 amide bonds. The average Bonchev–Trinajstić information content (AvgIpc) is 3.36. The van der Waals surface area contributed by atoms with Gasteiger partial charge in [-0.1, -0.05) is 71.4 Å². The number of benzene rings is 3. The third-order valence-electron chi connectivity index (χ3n) is 5.13. The third-order valence-corrected chi connectivity index (χ3v) is 6.88. The molecule has 182 valence electrons. The van der Waals surface area contributed by atoms with Gasteiger partial charge in [0.15, 0.2) is 11.5 Å². The highest BCUT2D eigenvalue weighted by molar-refractivity contribution is 7.99. The van der Waals surface area contributed by atoms with Crippen molar-refractivity contribution in [1.29, 1.82) is 0 Å². The summed E-state index contributed by atoms with van der Waals surface area (Å²) in [6.07, 6.45) is 0.954. The summed E-state index contributed by atoms with van der Waals surface area (Å²) in [5.41, 5.74) is 2.90. The molecule has 1 aromatic heterocycles. The lowest BCUT2D eigenvalue weighted by Crippen LogP contribution is -2.16. The highest BCUT2D eigenvalue weighted by Crippen LogP contribution is 2.32. The zero-order valence-electron chi connectivity index (χ0n) is 19.2. The third kappa shape index (κ3) is 6.89. The monoisotopic (exact) mass is 529 g/mol. The van der Waals surface area contributed by atoms with Crippen molar-refractivity contribution in [1.82, 2.24) is 25.5 Å². The molecule has 0 unspecified atom stereocenters. The summed E-state index contributed by atoms with van der Waals surface area (Å²) in [5, 5.41) is 17.3. The number of methoxy groups -OCH3 is 1. The summed E-state index contributed by atoms with van der Waals surface area (Å²) in [6.45, 7) is 1.85. The molecule has 0 atom stereocenters. The fourth-order valence-electron chi connectivity index (χ4n) is 3.39. The maximum atomic E-state index is 6.13. The Morgan fingerprint density at radius 1 is 1.00 bits per heavy atom. The van der Waals surface area contributed by atoms with Gasteiger partial charge in [-0.3, -0.25) is 0 Å². The second-order valence-corrected chi connectivity index (χ2v) is 9.45. The van der Waals surface area contributed by atoms with Crippen molar-refractivity contribution in [2.24, 2.45) is 0 Å². The first-order chi connectivity index (χ1) is 17.2. The Labute approximate surface area is 218 Å². The lowest BCUT2D eigenvalue weighted by molar-refractivity contribution is 0.280. The van der Waals surface area contributed by atoms with Crippen LogP contribution in [0.2, 0.25) is 10.0 Å². The van der Waals surface area contributed by atoms with Crippen molar-refractivity contribution < 1.29 is 9.47 Å². The van der Waals surface area contributed by atoms with E-state index in [4.69, 9.17) is 32.7 Å². The molecule has 35 heavy (non-hydrogen) atoms. The first kappa shape index (κ1) is 25.3. The van der Waals surface area contributed by atoms with Crippen LogP contribution in [0.4, 0.5) is 0 Å². The molecule has 0 saturated carbocycles. The summed E-state index contributed by atoms with van der Waals surface area (Å²) in [4.78, 5) is 0. The Hall–Kier alpha value is -2.78. The maximum Gasteiger partial charge on any atom is 0.214 e. The van der Waals surface area contributed by atoms with Gasteiger partial charge in [-0.15, -0.1) is 5.10 Å². The zero-order chi connectivity index (χ0) is 24.5. The van der Waals surface area contributed by atoms with Gasteiger partial charge in [0.1, 0.15) is 6.61 Å². The Morgan fingerprint density at radius 2 is 1.86 bits per heavy atom. The van der Waals surface area contributed by atoms with Crippen LogP contribution in [0.3, 0.4) is 0 Å². The predicted molar refractivity (Wildman–Crippen MR) is 140 cm³/mol. The van der Waals surface area contributed by atoms with Crippen LogP contribution in [0, 0.1) is 0 Å². The first-order valence-corrected chi connectivity index (χ1v) is 12.8. The number of aromatic nitrogens is 4. The molecule has 0 fully saturated rings. The van der Waals surface area contributed by atoms with Crippen LogP contribution < -0.4 is 14.8 Å². The maximum absolute atomic E-state index is 6.13. The van der Waals surface area contributed by atoms with E-state index in [1.165, 1.54) is 0 Å². The summed E-state index contributed by atoms with van der Waals surface area (Å²) in [5.74, 6) is 2.29. The minimum atomic E-state index is 0.358. The van der Waals surface area contributed by atoms with Gasteiger partial charge in [0.2, 0.25) is 5.16 Å². The number of nitrogens with one attached hydrogen (secondary N) is 1. The number of nitrogens with zero attached hydrogens (tertiary/aromatic N) is 4. The van der Waals surface area contributed by atoms with E-state index in [-0.39, 0.29) is 0 Å². The summed E-state index contributed by atoms with van der Waals surface area (Å²) in [6, 6.07) is 21.2. The Bertz CT molecular complexity index is 1240. The van der Waals surface area contributed by atoms with E-state index in [0.717, 1.165) is 40.7 Å². The van der Waals surface area contributed by atoms with Crippen molar-refractivity contribution in [2.45, 2.75) is 24.7 Å². The zero-order valence-corrected chi connectivity index (χ0v) is 21.5. The van der Waals surface area contributed by atoms with Gasteiger partial charge in [-0.2, -0.15) is 4.68 Å². The van der Waals surface area contributed by atoms with Gasteiger partial charge >= 0.3 is 0 Å². The lowest BCUT2D eigenvalue weighted by Gasteiger charge is -2.16. The van der Waals surface area contributed by atoms with Crippen LogP contribution in [-0.4, -0.2) is 39.6 Å². The van der Waals surface area contributed by atoms with E-state index in [1.807, 2.05) is 60.7 Å². The Morgan fingerprint density at radius 3 is 2.66 bits per heavy atom. The van der Waals surface area contributed by atoms with E-state index < -0.39 is 0 Å². The number of para-hydroxylation sites is 2. The van der Waals surface area contributed by atoms with E-state index in [1.54, 1.807) is 29.6 Å². The number of ether oxygens (including phenoxy) is 2. The van der Waals surface area contributed by atoms with Crippen LogP contribution in [0.25, 0.3) is 5.69 Å². The van der Waals surface area contributed by atoms with Gasteiger partial charge < -0.3 is 14.8 Å². The average molecular weight is 530 g/mol. The van der Waals surface area contributed by atoms with Crippen molar-refractivity contribution in [3.05, 3.63) is 87.9 Å². The lowest BCUT2D eigenvalue weighted by atomic mass is 10.1. The Balaban J connectivity index is 1.28. The molecule has 1 N–H and O–H groups in total. The molecule has 10 heteroatoms. The van der Waals surface area contributed by atoms with Crippen LogP contribution in [0.15, 0.2) is 71.9 Å². The van der Waals surface area contributed by atoms with Crippen molar-refractivity contribution in [3.8, 4) is 17.2 Å². The minimum Gasteiger partial charge on any atom is -0.493 e. The van der Waals surface area contributed by atoms with Crippen LogP contribution in [0.1, 0.15) is 17.5 Å². The summed E-state index contributed by atoms with van der Waals surface area (Å²) in [7, 11) is 1.64. The van der Waals surface area contributed by atoms with Gasteiger partial charge in [-0.25, -0.2) is 0 Å². The summed E-state index contributed by atoms with van der Waals surface area (Å²) >= 11 is 13.8. The van der Waals surface area contributed by atoms with Crippen molar-refractivity contribution in [2.75, 3.05) is 19.4 Å². The molecule has 0 spiro atoms. The van der Waals surface area contributed by atoms with Crippen LogP contribution in [0.5, 0.6) is 11.5 Å². The first-order valence-electron chi connectivity index (χ1n) is 11.1. The topological polar surface area (TPSA) is 74.1 Å². The Kier molecular flexibility index (Phi) is 9.25. The molecule has 0 aliphatic heterocycles. The predicted octanol–water partition coefficient (Wildman–Crippen LogP) is 5.83. The SMILES string of the molecule is COc1cccc(CNCCCSc2nnnn2-c2ccccc2)c1OCc1ccc(Cl)c(Cl)c1. The highest BCUT2D eigenvalue weighted by atomic mass is 35.5. The highest BCUT2D eigenvalue weighted by Gasteiger charge is 2.12. The number of hydrogen-bond acceptors (Lipinski definition) is 7. The molecule has 4 aromatic rings. The van der Waals surface area contributed by atoms with E-state index >= 15 is 0 Å².